The number of nitriles is 1. The lowest BCUT2D eigenvalue weighted by molar-refractivity contribution is 0.207. The minimum Gasteiger partial charge on any atom is -0.288 e. The van der Waals surface area contributed by atoms with Crippen molar-refractivity contribution in [3.05, 3.63) is 29.8 Å². The molecule has 0 radical (unpaired) electrons. The molecule has 0 bridgehead atoms. The SMILES string of the molecule is CN(C)C1(C#N)CCSc2ccccc21. The summed E-state index contributed by atoms with van der Waals surface area (Å²) < 4.78 is 0. The topological polar surface area (TPSA) is 27.0 Å². The Morgan fingerprint density at radius 3 is 2.80 bits per heavy atom. The number of hydrogen-bond acceptors (Lipinski definition) is 3. The molecule has 0 N–H and O–H groups in total. The van der Waals surface area contributed by atoms with Crippen LogP contribution in [0.1, 0.15) is 12.0 Å². The van der Waals surface area contributed by atoms with Crippen molar-refractivity contribution < 1.29 is 0 Å². The zero-order valence-electron chi connectivity index (χ0n) is 9.03. The molecule has 3 heteroatoms. The normalized spacial score (nSPS) is 24.7. The first kappa shape index (κ1) is 10.5. The van der Waals surface area contributed by atoms with Crippen LogP contribution in [-0.4, -0.2) is 24.7 Å². The van der Waals surface area contributed by atoms with Gasteiger partial charge in [0, 0.05) is 16.2 Å². The summed E-state index contributed by atoms with van der Waals surface area (Å²) in [6.07, 6.45) is 0.901. The molecule has 1 aromatic carbocycles. The molecule has 0 aliphatic carbocycles. The minimum atomic E-state index is -0.429. The number of fused-ring (bicyclic) bond motifs is 1. The van der Waals surface area contributed by atoms with Gasteiger partial charge >= 0.3 is 0 Å². The van der Waals surface area contributed by atoms with Crippen LogP contribution in [0.25, 0.3) is 0 Å². The van der Waals surface area contributed by atoms with Crippen LogP contribution in [-0.2, 0) is 5.54 Å². The van der Waals surface area contributed by atoms with Crippen LogP contribution >= 0.6 is 11.8 Å². The summed E-state index contributed by atoms with van der Waals surface area (Å²) in [7, 11) is 3.96. The fourth-order valence-corrected chi connectivity index (χ4v) is 3.24. The Hall–Kier alpha value is -0.980. The first-order valence-electron chi connectivity index (χ1n) is 5.02. The molecule has 0 fully saturated rings. The Morgan fingerprint density at radius 2 is 2.13 bits per heavy atom. The van der Waals surface area contributed by atoms with Crippen molar-refractivity contribution in [2.45, 2.75) is 16.9 Å². The van der Waals surface area contributed by atoms with Crippen LogP contribution in [0, 0.1) is 11.3 Å². The van der Waals surface area contributed by atoms with Crippen LogP contribution in [0.5, 0.6) is 0 Å². The quantitative estimate of drug-likeness (QED) is 0.724. The second kappa shape index (κ2) is 3.88. The van der Waals surface area contributed by atoms with Crippen LogP contribution in [0.3, 0.4) is 0 Å². The van der Waals surface area contributed by atoms with E-state index in [4.69, 9.17) is 0 Å². The highest BCUT2D eigenvalue weighted by Gasteiger charge is 2.38. The minimum absolute atomic E-state index is 0.429. The highest BCUT2D eigenvalue weighted by Crippen LogP contribution is 2.42. The zero-order valence-corrected chi connectivity index (χ0v) is 9.84. The lowest BCUT2D eigenvalue weighted by Gasteiger charge is -2.38. The molecular weight excluding hydrogens is 204 g/mol. The summed E-state index contributed by atoms with van der Waals surface area (Å²) in [4.78, 5) is 3.28. The number of nitrogens with zero attached hydrogens (tertiary/aromatic N) is 2. The fraction of sp³-hybridized carbons (Fsp3) is 0.417. The average molecular weight is 218 g/mol. The first-order chi connectivity index (χ1) is 7.20. The van der Waals surface area contributed by atoms with Gasteiger partial charge in [0.2, 0.25) is 0 Å². The van der Waals surface area contributed by atoms with E-state index < -0.39 is 5.54 Å². The molecule has 1 unspecified atom stereocenters. The molecular formula is C12H14N2S. The van der Waals surface area contributed by atoms with Crippen molar-refractivity contribution in [1.29, 1.82) is 5.26 Å². The molecule has 1 aromatic rings. The molecule has 0 aromatic heterocycles. The van der Waals surface area contributed by atoms with E-state index in [1.54, 1.807) is 0 Å². The summed E-state index contributed by atoms with van der Waals surface area (Å²) in [6.45, 7) is 0. The predicted molar refractivity (Wildman–Crippen MR) is 62.8 cm³/mol. The highest BCUT2D eigenvalue weighted by atomic mass is 32.2. The van der Waals surface area contributed by atoms with E-state index in [2.05, 4.69) is 18.2 Å². The second-order valence-corrected chi connectivity index (χ2v) is 5.10. The van der Waals surface area contributed by atoms with Crippen LogP contribution in [0.15, 0.2) is 29.2 Å². The number of hydrogen-bond donors (Lipinski definition) is 0. The first-order valence-corrected chi connectivity index (χ1v) is 6.00. The molecule has 2 rings (SSSR count). The Labute approximate surface area is 94.9 Å². The molecule has 0 saturated heterocycles. The van der Waals surface area contributed by atoms with Crippen molar-refractivity contribution in [1.82, 2.24) is 4.90 Å². The Kier molecular flexibility index (Phi) is 2.72. The average Bonchev–Trinajstić information content (AvgIpc) is 2.28. The van der Waals surface area contributed by atoms with Crippen molar-refractivity contribution in [2.75, 3.05) is 19.8 Å². The molecule has 1 aliphatic rings. The Balaban J connectivity index is 2.58. The van der Waals surface area contributed by atoms with Gasteiger partial charge in [0.1, 0.15) is 5.54 Å². The summed E-state index contributed by atoms with van der Waals surface area (Å²) >= 11 is 1.85. The van der Waals surface area contributed by atoms with Crippen molar-refractivity contribution in [3.63, 3.8) is 0 Å². The van der Waals surface area contributed by atoms with Gasteiger partial charge in [-0.15, -0.1) is 11.8 Å². The van der Waals surface area contributed by atoms with Crippen molar-refractivity contribution in [2.24, 2.45) is 0 Å². The third-order valence-electron chi connectivity index (χ3n) is 3.00. The van der Waals surface area contributed by atoms with Crippen molar-refractivity contribution in [3.8, 4) is 6.07 Å². The molecule has 1 atom stereocenters. The van der Waals surface area contributed by atoms with Gasteiger partial charge in [0.05, 0.1) is 6.07 Å². The van der Waals surface area contributed by atoms with Gasteiger partial charge in [-0.1, -0.05) is 18.2 Å². The second-order valence-electron chi connectivity index (χ2n) is 3.96. The molecule has 0 spiro atoms. The van der Waals surface area contributed by atoms with Crippen molar-refractivity contribution >= 4 is 11.8 Å². The molecule has 1 aliphatic heterocycles. The Morgan fingerprint density at radius 1 is 1.40 bits per heavy atom. The summed E-state index contributed by atoms with van der Waals surface area (Å²) in [5.41, 5.74) is 0.732. The third-order valence-corrected chi connectivity index (χ3v) is 4.08. The predicted octanol–water partition coefficient (Wildman–Crippen LogP) is 2.46. The van der Waals surface area contributed by atoms with Crippen LogP contribution < -0.4 is 0 Å². The van der Waals surface area contributed by atoms with Gasteiger partial charge in [-0.25, -0.2) is 0 Å². The molecule has 0 amide bonds. The van der Waals surface area contributed by atoms with E-state index in [1.165, 1.54) is 4.90 Å². The lowest BCUT2D eigenvalue weighted by atomic mass is 9.87. The number of thioether (sulfide) groups is 1. The largest absolute Gasteiger partial charge is 0.288 e. The molecule has 1 heterocycles. The standard InChI is InChI=1S/C12H14N2S/c1-14(2)12(9-13)7-8-15-11-6-4-3-5-10(11)12/h3-6H,7-8H2,1-2H3. The molecule has 2 nitrogen and oxygen atoms in total. The smallest absolute Gasteiger partial charge is 0.136 e. The highest BCUT2D eigenvalue weighted by molar-refractivity contribution is 7.99. The Bertz CT molecular complexity index is 408. The van der Waals surface area contributed by atoms with Gasteiger partial charge in [-0.3, -0.25) is 4.90 Å². The molecule has 78 valence electrons. The number of benzene rings is 1. The van der Waals surface area contributed by atoms with Crippen LogP contribution in [0.2, 0.25) is 0 Å². The summed E-state index contributed by atoms with van der Waals surface area (Å²) in [5, 5.41) is 9.46. The van der Waals surface area contributed by atoms with E-state index in [0.29, 0.717) is 0 Å². The van der Waals surface area contributed by atoms with Gasteiger partial charge in [-0.2, -0.15) is 5.26 Å². The van der Waals surface area contributed by atoms with Crippen LogP contribution in [0.4, 0.5) is 0 Å². The monoisotopic (exact) mass is 218 g/mol. The maximum Gasteiger partial charge on any atom is 0.136 e. The number of rotatable bonds is 1. The van der Waals surface area contributed by atoms with E-state index in [1.807, 2.05) is 42.9 Å². The van der Waals surface area contributed by atoms with E-state index in [-0.39, 0.29) is 0 Å². The third kappa shape index (κ3) is 1.54. The fourth-order valence-electron chi connectivity index (χ4n) is 2.06. The van der Waals surface area contributed by atoms with Gasteiger partial charge in [0.15, 0.2) is 0 Å². The van der Waals surface area contributed by atoms with E-state index in [0.717, 1.165) is 17.7 Å². The van der Waals surface area contributed by atoms with E-state index >= 15 is 0 Å². The summed E-state index contributed by atoms with van der Waals surface area (Å²) in [5.74, 6) is 1.02. The molecule has 0 saturated carbocycles. The maximum absolute atomic E-state index is 9.46. The van der Waals surface area contributed by atoms with Gasteiger partial charge < -0.3 is 0 Å². The lowest BCUT2D eigenvalue weighted by Crippen LogP contribution is -2.42. The van der Waals surface area contributed by atoms with Gasteiger partial charge in [0.25, 0.3) is 0 Å². The summed E-state index contributed by atoms with van der Waals surface area (Å²) in [6, 6.07) is 10.7. The maximum atomic E-state index is 9.46. The zero-order chi connectivity index (χ0) is 10.9. The van der Waals surface area contributed by atoms with Gasteiger partial charge in [-0.05, 0) is 26.6 Å². The molecule has 15 heavy (non-hydrogen) atoms. The van der Waals surface area contributed by atoms with E-state index in [9.17, 15) is 5.26 Å².